The van der Waals surface area contributed by atoms with Gasteiger partial charge < -0.3 is 10.4 Å². The highest BCUT2D eigenvalue weighted by atomic mass is 35.5. The number of para-hydroxylation sites is 1. The molecular weight excluding hydrogens is 354 g/mol. The van der Waals surface area contributed by atoms with Gasteiger partial charge in [-0.05, 0) is 25.1 Å². The second kappa shape index (κ2) is 7.01. The van der Waals surface area contributed by atoms with Crippen molar-refractivity contribution in [1.29, 1.82) is 0 Å². The van der Waals surface area contributed by atoms with Gasteiger partial charge in [0, 0.05) is 23.2 Å². The van der Waals surface area contributed by atoms with Crippen molar-refractivity contribution in [2.24, 2.45) is 0 Å². The maximum Gasteiger partial charge on any atom is 0.275 e. The summed E-state index contributed by atoms with van der Waals surface area (Å²) in [5, 5.41) is 17.0. The molecule has 1 amide bonds. The molecule has 2 aromatic carbocycles. The van der Waals surface area contributed by atoms with E-state index < -0.39 is 22.8 Å². The van der Waals surface area contributed by atoms with Crippen LogP contribution in [0.25, 0.3) is 16.8 Å². The van der Waals surface area contributed by atoms with Gasteiger partial charge in [-0.3, -0.25) is 9.59 Å². The molecule has 0 unspecified atom stereocenters. The number of nitrogens with one attached hydrogen (secondary N) is 1. The minimum Gasteiger partial charge on any atom is -0.503 e. The molecule has 0 atom stereocenters. The average molecular weight is 370 g/mol. The summed E-state index contributed by atoms with van der Waals surface area (Å²) in [6, 6.07) is 12.9. The van der Waals surface area contributed by atoms with E-state index in [1.54, 1.807) is 18.2 Å². The number of hydrogen-bond acceptors (Lipinski definition) is 4. The molecule has 132 valence electrons. The van der Waals surface area contributed by atoms with E-state index in [1.807, 2.05) is 31.2 Å². The first-order valence-corrected chi connectivity index (χ1v) is 8.21. The fourth-order valence-electron chi connectivity index (χ4n) is 2.61. The number of aromatic nitrogens is 2. The molecular formula is C19H16ClN3O3. The lowest BCUT2D eigenvalue weighted by molar-refractivity contribution is 0.0954. The van der Waals surface area contributed by atoms with Crippen molar-refractivity contribution in [2.75, 3.05) is 7.05 Å². The predicted molar refractivity (Wildman–Crippen MR) is 100 cm³/mol. The van der Waals surface area contributed by atoms with Gasteiger partial charge in [0.05, 0.1) is 11.9 Å². The molecule has 0 bridgehead atoms. The maximum absolute atomic E-state index is 12.0. The highest BCUT2D eigenvalue weighted by molar-refractivity contribution is 6.33. The van der Waals surface area contributed by atoms with Crippen LogP contribution in [0.15, 0.2) is 53.5 Å². The second-order valence-corrected chi connectivity index (χ2v) is 6.12. The number of benzene rings is 2. The van der Waals surface area contributed by atoms with E-state index in [0.29, 0.717) is 10.7 Å². The quantitative estimate of drug-likeness (QED) is 0.743. The Labute approximate surface area is 154 Å². The van der Waals surface area contributed by atoms with Crippen LogP contribution in [0, 0.1) is 6.92 Å². The van der Waals surface area contributed by atoms with Crippen molar-refractivity contribution in [1.82, 2.24) is 15.1 Å². The molecule has 2 N–H and O–H groups in total. The van der Waals surface area contributed by atoms with Crippen LogP contribution >= 0.6 is 11.6 Å². The third-order valence-electron chi connectivity index (χ3n) is 3.91. The van der Waals surface area contributed by atoms with Crippen molar-refractivity contribution in [2.45, 2.75) is 6.92 Å². The topological polar surface area (TPSA) is 84.2 Å². The van der Waals surface area contributed by atoms with Crippen molar-refractivity contribution < 1.29 is 9.90 Å². The fourth-order valence-corrected chi connectivity index (χ4v) is 2.83. The molecule has 0 saturated heterocycles. The molecule has 0 aliphatic heterocycles. The van der Waals surface area contributed by atoms with E-state index in [9.17, 15) is 14.7 Å². The van der Waals surface area contributed by atoms with E-state index in [0.717, 1.165) is 16.7 Å². The lowest BCUT2D eigenvalue weighted by Gasteiger charge is -2.14. The Bertz CT molecular complexity index is 1060. The minimum atomic E-state index is -0.827. The first-order chi connectivity index (χ1) is 12.4. The van der Waals surface area contributed by atoms with Crippen LogP contribution in [0.2, 0.25) is 5.02 Å². The number of hydrogen-bond donors (Lipinski definition) is 2. The Morgan fingerprint density at radius 2 is 1.92 bits per heavy atom. The van der Waals surface area contributed by atoms with Crippen LogP contribution in [0.5, 0.6) is 5.75 Å². The van der Waals surface area contributed by atoms with Gasteiger partial charge in [-0.1, -0.05) is 41.4 Å². The number of aryl methyl sites for hydroxylation is 1. The van der Waals surface area contributed by atoms with Crippen LogP contribution in [-0.2, 0) is 0 Å². The average Bonchev–Trinajstić information content (AvgIpc) is 2.65. The van der Waals surface area contributed by atoms with E-state index in [4.69, 9.17) is 11.6 Å². The summed E-state index contributed by atoms with van der Waals surface area (Å²) in [6.45, 7) is 1.95. The zero-order valence-corrected chi connectivity index (χ0v) is 14.9. The number of amides is 1. The lowest BCUT2D eigenvalue weighted by Crippen LogP contribution is -2.29. The van der Waals surface area contributed by atoms with Crippen LogP contribution in [0.4, 0.5) is 0 Å². The Balaban J connectivity index is 2.27. The first-order valence-electron chi connectivity index (χ1n) is 7.83. The standard InChI is InChI=1S/C19H16ClN3O3/c1-11-7-8-14(20)13(9-11)12-5-3-4-6-15(12)23-10-16(24)18(25)17(22-23)19(26)21-2/h3-10,24H,1-2H3,(H,21,26). The highest BCUT2D eigenvalue weighted by Crippen LogP contribution is 2.33. The number of carbonyl (C=O) groups is 1. The molecule has 0 saturated carbocycles. The van der Waals surface area contributed by atoms with Gasteiger partial charge >= 0.3 is 0 Å². The van der Waals surface area contributed by atoms with Crippen LogP contribution < -0.4 is 10.7 Å². The number of aromatic hydroxyl groups is 1. The van der Waals surface area contributed by atoms with Crippen LogP contribution in [-0.4, -0.2) is 27.8 Å². The molecule has 1 heterocycles. The van der Waals surface area contributed by atoms with E-state index in [-0.39, 0.29) is 0 Å². The van der Waals surface area contributed by atoms with Gasteiger partial charge in [-0.2, -0.15) is 5.10 Å². The summed E-state index contributed by atoms with van der Waals surface area (Å²) in [5.41, 5.74) is 1.91. The van der Waals surface area contributed by atoms with Gasteiger partial charge in [0.25, 0.3) is 11.3 Å². The van der Waals surface area contributed by atoms with Crippen LogP contribution in [0.1, 0.15) is 16.1 Å². The van der Waals surface area contributed by atoms with Crippen molar-refractivity contribution in [3.05, 3.63) is 75.2 Å². The summed E-state index contributed by atoms with van der Waals surface area (Å²) in [7, 11) is 1.39. The number of rotatable bonds is 3. The fraction of sp³-hybridized carbons (Fsp3) is 0.105. The first kappa shape index (κ1) is 17.7. The molecule has 6 nitrogen and oxygen atoms in total. The Hall–Kier alpha value is -3.12. The molecule has 26 heavy (non-hydrogen) atoms. The molecule has 0 spiro atoms. The third kappa shape index (κ3) is 3.19. The van der Waals surface area contributed by atoms with E-state index >= 15 is 0 Å². The number of halogens is 1. The molecule has 3 aromatic rings. The number of nitrogens with zero attached hydrogens (tertiary/aromatic N) is 2. The van der Waals surface area contributed by atoms with Crippen molar-refractivity contribution in [3.63, 3.8) is 0 Å². The van der Waals surface area contributed by atoms with Crippen molar-refractivity contribution in [3.8, 4) is 22.6 Å². The summed E-state index contributed by atoms with van der Waals surface area (Å²) < 4.78 is 1.30. The monoisotopic (exact) mass is 369 g/mol. The number of carbonyl (C=O) groups excluding carboxylic acids is 1. The Morgan fingerprint density at radius 3 is 2.65 bits per heavy atom. The van der Waals surface area contributed by atoms with Crippen LogP contribution in [0.3, 0.4) is 0 Å². The van der Waals surface area contributed by atoms with Gasteiger partial charge in [0.1, 0.15) is 0 Å². The second-order valence-electron chi connectivity index (χ2n) is 5.72. The van der Waals surface area contributed by atoms with Gasteiger partial charge in [-0.25, -0.2) is 4.68 Å². The molecule has 3 rings (SSSR count). The summed E-state index contributed by atoms with van der Waals surface area (Å²) >= 11 is 6.36. The van der Waals surface area contributed by atoms with Crippen molar-refractivity contribution >= 4 is 17.5 Å². The smallest absolute Gasteiger partial charge is 0.275 e. The highest BCUT2D eigenvalue weighted by Gasteiger charge is 2.18. The molecule has 0 aliphatic rings. The van der Waals surface area contributed by atoms with E-state index in [1.165, 1.54) is 17.9 Å². The lowest BCUT2D eigenvalue weighted by atomic mass is 10.0. The zero-order valence-electron chi connectivity index (χ0n) is 14.2. The third-order valence-corrected chi connectivity index (χ3v) is 4.23. The maximum atomic E-state index is 12.0. The molecule has 1 aromatic heterocycles. The molecule has 0 fully saturated rings. The zero-order chi connectivity index (χ0) is 18.8. The summed E-state index contributed by atoms with van der Waals surface area (Å²) in [4.78, 5) is 23.9. The van der Waals surface area contributed by atoms with E-state index in [2.05, 4.69) is 10.4 Å². The molecule has 7 heteroatoms. The normalized spacial score (nSPS) is 10.6. The Kier molecular flexibility index (Phi) is 4.77. The van der Waals surface area contributed by atoms with Gasteiger partial charge in [0.2, 0.25) is 0 Å². The summed E-state index contributed by atoms with van der Waals surface area (Å²) in [6.07, 6.45) is 1.18. The predicted octanol–water partition coefficient (Wildman–Crippen LogP) is 2.93. The Morgan fingerprint density at radius 1 is 1.19 bits per heavy atom. The molecule has 0 radical (unpaired) electrons. The molecule has 0 aliphatic carbocycles. The van der Waals surface area contributed by atoms with Gasteiger partial charge in [-0.15, -0.1) is 0 Å². The summed E-state index contributed by atoms with van der Waals surface area (Å²) in [5.74, 6) is -1.24. The largest absolute Gasteiger partial charge is 0.503 e. The minimum absolute atomic E-state index is 0.391. The van der Waals surface area contributed by atoms with Gasteiger partial charge in [0.15, 0.2) is 11.4 Å². The SMILES string of the molecule is CNC(=O)c1nn(-c2ccccc2-c2cc(C)ccc2Cl)cc(O)c1=O.